The number of carbonyl (C=O) groups excluding carboxylic acids is 2. The van der Waals surface area contributed by atoms with Crippen molar-refractivity contribution in [3.8, 4) is 5.75 Å². The predicted molar refractivity (Wildman–Crippen MR) is 103 cm³/mol. The van der Waals surface area contributed by atoms with Crippen LogP contribution in [0.4, 0.5) is 8.78 Å². The second kappa shape index (κ2) is 10.0. The molecule has 1 aliphatic heterocycles. The zero-order chi connectivity index (χ0) is 19.4. The quantitative estimate of drug-likeness (QED) is 0.713. The van der Waals surface area contributed by atoms with Crippen LogP contribution in [0.1, 0.15) is 36.0 Å². The molecule has 0 bridgehead atoms. The average Bonchev–Trinajstić information content (AvgIpc) is 3.50. The molecule has 1 aromatic carbocycles. The van der Waals surface area contributed by atoms with Crippen LogP contribution in [0.3, 0.4) is 0 Å². The fraction of sp³-hybridized carbons (Fsp3) is 0.579. The third kappa shape index (κ3) is 5.78. The molecule has 2 amide bonds. The summed E-state index contributed by atoms with van der Waals surface area (Å²) in [6.07, 6.45) is 3.59. The van der Waals surface area contributed by atoms with E-state index in [-0.39, 0.29) is 48.1 Å². The molecule has 2 aliphatic rings. The van der Waals surface area contributed by atoms with E-state index in [1.165, 1.54) is 23.1 Å². The van der Waals surface area contributed by atoms with Crippen molar-refractivity contribution in [2.45, 2.75) is 38.3 Å². The van der Waals surface area contributed by atoms with Crippen molar-refractivity contribution in [2.75, 3.05) is 19.6 Å². The summed E-state index contributed by atoms with van der Waals surface area (Å²) in [5.74, 6) is -0.489. The van der Waals surface area contributed by atoms with Gasteiger partial charge in [0.2, 0.25) is 5.91 Å². The molecule has 28 heavy (non-hydrogen) atoms. The van der Waals surface area contributed by atoms with Crippen molar-refractivity contribution < 1.29 is 23.1 Å². The number of ether oxygens (including phenoxy) is 1. The highest BCUT2D eigenvalue weighted by atomic mass is 35.5. The summed E-state index contributed by atoms with van der Waals surface area (Å²) in [6, 6.07) is 5.91. The van der Waals surface area contributed by atoms with Crippen molar-refractivity contribution in [3.05, 3.63) is 29.8 Å². The zero-order valence-corrected chi connectivity index (χ0v) is 16.3. The lowest BCUT2D eigenvalue weighted by Gasteiger charge is -2.32. The molecule has 1 aromatic rings. The van der Waals surface area contributed by atoms with Gasteiger partial charge in [-0.3, -0.25) is 9.59 Å². The summed E-state index contributed by atoms with van der Waals surface area (Å²) >= 11 is 0. The summed E-state index contributed by atoms with van der Waals surface area (Å²) in [7, 11) is 0. The van der Waals surface area contributed by atoms with Crippen LogP contribution in [0.15, 0.2) is 24.3 Å². The molecule has 3 rings (SSSR count). The van der Waals surface area contributed by atoms with E-state index in [0.717, 1.165) is 12.8 Å². The van der Waals surface area contributed by atoms with Crippen LogP contribution in [0.25, 0.3) is 0 Å². The summed E-state index contributed by atoms with van der Waals surface area (Å²) < 4.78 is 29.6. The Hall–Kier alpha value is -1.93. The third-order valence-electron chi connectivity index (χ3n) is 5.15. The highest BCUT2D eigenvalue weighted by Crippen LogP contribution is 2.31. The molecule has 0 spiro atoms. The largest absolute Gasteiger partial charge is 0.434 e. The van der Waals surface area contributed by atoms with Crippen LogP contribution in [0.5, 0.6) is 5.75 Å². The molecule has 0 radical (unpaired) electrons. The molecule has 2 fully saturated rings. The topological polar surface area (TPSA) is 84.7 Å². The molecule has 1 saturated carbocycles. The van der Waals surface area contributed by atoms with Gasteiger partial charge in [0.05, 0.1) is 11.5 Å². The molecule has 2 unspecified atom stereocenters. The second-order valence-electron chi connectivity index (χ2n) is 7.21. The standard InChI is InChI=1S/C19H25F2N3O3.ClH/c20-19(21)27-16-6-2-1-5-14(16)18(26)24-9-3-4-13(11-24)17(25)23-10-15(22)12-7-8-12;/h1-2,5-6,12-13,15,19H,3-4,7-11,22H2,(H,23,25);1H. The van der Waals surface area contributed by atoms with Gasteiger partial charge < -0.3 is 20.7 Å². The number of nitrogens with two attached hydrogens (primary N) is 1. The van der Waals surface area contributed by atoms with Crippen molar-refractivity contribution in [1.29, 1.82) is 0 Å². The van der Waals surface area contributed by atoms with Gasteiger partial charge in [0.25, 0.3) is 5.91 Å². The number of alkyl halides is 2. The second-order valence-corrected chi connectivity index (χ2v) is 7.21. The van der Waals surface area contributed by atoms with Crippen LogP contribution in [0.2, 0.25) is 0 Å². The zero-order valence-electron chi connectivity index (χ0n) is 15.5. The molecule has 1 heterocycles. The first-order chi connectivity index (χ1) is 13.0. The lowest BCUT2D eigenvalue weighted by Crippen LogP contribution is -2.47. The molecule has 156 valence electrons. The van der Waals surface area contributed by atoms with E-state index < -0.39 is 12.5 Å². The van der Waals surface area contributed by atoms with E-state index in [1.54, 1.807) is 6.07 Å². The van der Waals surface area contributed by atoms with Crippen LogP contribution < -0.4 is 15.8 Å². The molecule has 6 nitrogen and oxygen atoms in total. The normalized spacial score (nSPS) is 20.3. The Kier molecular flexibility index (Phi) is 8.00. The highest BCUT2D eigenvalue weighted by molar-refractivity contribution is 5.97. The monoisotopic (exact) mass is 417 g/mol. The van der Waals surface area contributed by atoms with E-state index >= 15 is 0 Å². The summed E-state index contributed by atoms with van der Waals surface area (Å²) in [5.41, 5.74) is 6.09. The van der Waals surface area contributed by atoms with Gasteiger partial charge >= 0.3 is 6.61 Å². The molecule has 3 N–H and O–H groups in total. The third-order valence-corrected chi connectivity index (χ3v) is 5.15. The molecule has 1 saturated heterocycles. The number of nitrogens with one attached hydrogen (secondary N) is 1. The van der Waals surface area contributed by atoms with Crippen LogP contribution in [-0.4, -0.2) is 49.0 Å². The molecule has 9 heteroatoms. The summed E-state index contributed by atoms with van der Waals surface area (Å²) in [4.78, 5) is 26.7. The van der Waals surface area contributed by atoms with Crippen molar-refractivity contribution in [3.63, 3.8) is 0 Å². The van der Waals surface area contributed by atoms with Gasteiger partial charge in [-0.25, -0.2) is 0 Å². The van der Waals surface area contributed by atoms with Gasteiger partial charge in [0.1, 0.15) is 5.75 Å². The van der Waals surface area contributed by atoms with E-state index in [4.69, 9.17) is 5.73 Å². The number of piperidine rings is 1. The van der Waals surface area contributed by atoms with Crippen LogP contribution in [-0.2, 0) is 4.79 Å². The maximum atomic E-state index is 12.8. The SMILES string of the molecule is Cl.NC(CNC(=O)C1CCCN(C(=O)c2ccccc2OC(F)F)C1)C1CC1. The first-order valence-electron chi connectivity index (χ1n) is 9.32. The minimum Gasteiger partial charge on any atom is -0.434 e. The summed E-state index contributed by atoms with van der Waals surface area (Å²) in [5, 5.41) is 2.88. The Bertz CT molecular complexity index is 688. The average molecular weight is 418 g/mol. The Balaban J connectivity index is 0.00000280. The number of nitrogens with zero attached hydrogens (tertiary/aromatic N) is 1. The van der Waals surface area contributed by atoms with Gasteiger partial charge in [-0.1, -0.05) is 12.1 Å². The van der Waals surface area contributed by atoms with E-state index in [2.05, 4.69) is 10.1 Å². The fourth-order valence-electron chi connectivity index (χ4n) is 3.44. The Morgan fingerprint density at radius 1 is 1.25 bits per heavy atom. The van der Waals surface area contributed by atoms with Gasteiger partial charge in [-0.05, 0) is 43.7 Å². The predicted octanol–water partition coefficient (Wildman–Crippen LogP) is 2.42. The lowest BCUT2D eigenvalue weighted by molar-refractivity contribution is -0.126. The number of benzene rings is 1. The van der Waals surface area contributed by atoms with E-state index in [9.17, 15) is 18.4 Å². The van der Waals surface area contributed by atoms with E-state index in [1.807, 2.05) is 0 Å². The highest BCUT2D eigenvalue weighted by Gasteiger charge is 2.32. The van der Waals surface area contributed by atoms with Crippen LogP contribution in [0, 0.1) is 11.8 Å². The van der Waals surface area contributed by atoms with Crippen molar-refractivity contribution >= 4 is 24.2 Å². The molecular formula is C19H26ClF2N3O3. The first kappa shape index (κ1) is 22.4. The van der Waals surface area contributed by atoms with Crippen molar-refractivity contribution in [1.82, 2.24) is 10.2 Å². The maximum Gasteiger partial charge on any atom is 0.387 e. The van der Waals surface area contributed by atoms with Crippen molar-refractivity contribution in [2.24, 2.45) is 17.6 Å². The molecule has 1 aliphatic carbocycles. The first-order valence-corrected chi connectivity index (χ1v) is 9.32. The van der Waals surface area contributed by atoms with Crippen LogP contribution >= 0.6 is 12.4 Å². The van der Waals surface area contributed by atoms with Gasteiger partial charge in [0, 0.05) is 25.7 Å². The smallest absolute Gasteiger partial charge is 0.387 e. The Morgan fingerprint density at radius 2 is 1.96 bits per heavy atom. The number of likely N-dealkylation sites (tertiary alicyclic amines) is 1. The number of para-hydroxylation sites is 1. The minimum atomic E-state index is -3.01. The Labute approximate surface area is 169 Å². The molecular weight excluding hydrogens is 392 g/mol. The Morgan fingerprint density at radius 3 is 2.64 bits per heavy atom. The van der Waals surface area contributed by atoms with Gasteiger partial charge in [0.15, 0.2) is 0 Å². The number of carbonyl (C=O) groups is 2. The number of halogens is 3. The summed E-state index contributed by atoms with van der Waals surface area (Å²) in [6.45, 7) is -1.83. The van der Waals surface area contributed by atoms with E-state index in [0.29, 0.717) is 31.8 Å². The van der Waals surface area contributed by atoms with Gasteiger partial charge in [-0.15, -0.1) is 12.4 Å². The number of hydrogen-bond donors (Lipinski definition) is 2. The lowest BCUT2D eigenvalue weighted by atomic mass is 9.96. The molecule has 0 aromatic heterocycles. The fourth-order valence-corrected chi connectivity index (χ4v) is 3.44. The number of hydrogen-bond acceptors (Lipinski definition) is 4. The number of rotatable bonds is 7. The van der Waals surface area contributed by atoms with Gasteiger partial charge in [-0.2, -0.15) is 8.78 Å². The minimum absolute atomic E-state index is 0. The maximum absolute atomic E-state index is 12.8. The molecule has 2 atom stereocenters. The number of amides is 2.